The zero-order valence-corrected chi connectivity index (χ0v) is 20.5. The van der Waals surface area contributed by atoms with Gasteiger partial charge in [-0.15, -0.1) is 23.7 Å². The fraction of sp³-hybridized carbons (Fsp3) is 0.500. The van der Waals surface area contributed by atoms with Gasteiger partial charge in [0.25, 0.3) is 0 Å². The minimum atomic E-state index is -0.538. The lowest BCUT2D eigenvalue weighted by Crippen LogP contribution is -2.55. The van der Waals surface area contributed by atoms with Crippen LogP contribution >= 0.6 is 23.7 Å². The van der Waals surface area contributed by atoms with Gasteiger partial charge in [0, 0.05) is 17.5 Å². The Bertz CT molecular complexity index is 986. The molecule has 0 atom stereocenters. The van der Waals surface area contributed by atoms with E-state index in [1.54, 1.807) is 23.5 Å². The number of amides is 4. The molecule has 1 aromatic heterocycles. The molecular weight excluding hydrogens is 460 g/mol. The summed E-state index contributed by atoms with van der Waals surface area (Å²) in [5.74, 6) is 0.768. The molecule has 4 amide bonds. The summed E-state index contributed by atoms with van der Waals surface area (Å²) in [6.07, 6.45) is 7.03. The SMILES string of the molecule is Cc1nc(-c2ccc(N3C(=O)CC(=O)N(CCC4CC4)C3=O)cc2)cs1.Cl.NCCC1CC1. The molecule has 0 unspecified atom stereocenters. The second-order valence-electron chi connectivity index (χ2n) is 8.79. The molecule has 33 heavy (non-hydrogen) atoms. The molecule has 2 aromatic rings. The van der Waals surface area contributed by atoms with E-state index in [0.717, 1.165) is 52.9 Å². The monoisotopic (exact) mass is 490 g/mol. The van der Waals surface area contributed by atoms with Gasteiger partial charge in [-0.3, -0.25) is 14.5 Å². The average molecular weight is 491 g/mol. The Morgan fingerprint density at radius 3 is 2.15 bits per heavy atom. The van der Waals surface area contributed by atoms with Gasteiger partial charge in [-0.05, 0) is 50.3 Å². The molecule has 2 aliphatic carbocycles. The fourth-order valence-corrected chi connectivity index (χ4v) is 4.37. The second kappa shape index (κ2) is 11.2. The number of imide groups is 2. The van der Waals surface area contributed by atoms with Crippen molar-refractivity contribution in [1.82, 2.24) is 9.88 Å². The third kappa shape index (κ3) is 6.62. The molecule has 2 heterocycles. The zero-order valence-electron chi connectivity index (χ0n) is 18.9. The quantitative estimate of drug-likeness (QED) is 0.564. The Hall–Kier alpha value is -2.29. The summed E-state index contributed by atoms with van der Waals surface area (Å²) in [6.45, 7) is 3.23. The number of benzene rings is 1. The molecule has 1 aromatic carbocycles. The summed E-state index contributed by atoms with van der Waals surface area (Å²) in [4.78, 5) is 43.9. The Morgan fingerprint density at radius 1 is 1.00 bits per heavy atom. The van der Waals surface area contributed by atoms with Gasteiger partial charge in [-0.25, -0.2) is 14.7 Å². The number of halogens is 1. The lowest BCUT2D eigenvalue weighted by molar-refractivity contribution is -0.134. The van der Waals surface area contributed by atoms with Crippen LogP contribution in [0.4, 0.5) is 10.5 Å². The van der Waals surface area contributed by atoms with Gasteiger partial charge < -0.3 is 5.73 Å². The van der Waals surface area contributed by atoms with Crippen LogP contribution in [0.5, 0.6) is 0 Å². The molecular formula is C24H31ClN4O3S. The van der Waals surface area contributed by atoms with E-state index in [0.29, 0.717) is 18.2 Å². The largest absolute Gasteiger partial charge is 0.338 e. The molecule has 0 radical (unpaired) electrons. The van der Waals surface area contributed by atoms with Crippen LogP contribution in [0.1, 0.15) is 50.0 Å². The minimum Gasteiger partial charge on any atom is -0.330 e. The van der Waals surface area contributed by atoms with E-state index in [9.17, 15) is 14.4 Å². The van der Waals surface area contributed by atoms with E-state index < -0.39 is 17.8 Å². The van der Waals surface area contributed by atoms with Crippen LogP contribution in [0.2, 0.25) is 0 Å². The normalized spacial score (nSPS) is 18.1. The molecule has 0 spiro atoms. The molecule has 9 heteroatoms. The van der Waals surface area contributed by atoms with Crippen LogP contribution < -0.4 is 10.6 Å². The molecule has 7 nitrogen and oxygen atoms in total. The maximum absolute atomic E-state index is 12.7. The molecule has 1 aliphatic heterocycles. The van der Waals surface area contributed by atoms with E-state index in [1.165, 1.54) is 24.2 Å². The summed E-state index contributed by atoms with van der Waals surface area (Å²) < 4.78 is 0. The van der Waals surface area contributed by atoms with Crippen molar-refractivity contribution in [1.29, 1.82) is 0 Å². The Kier molecular flexibility index (Phi) is 8.62. The van der Waals surface area contributed by atoms with Crippen LogP contribution in [0, 0.1) is 18.8 Å². The summed E-state index contributed by atoms with van der Waals surface area (Å²) in [5, 5.41) is 2.95. The standard InChI is InChI=1S/C19H19N3O3S.C5H11N.ClH/c1-12-20-16(11-26-12)14-4-6-15(7-5-14)22-18(24)10-17(23)21(19(22)25)9-8-13-2-3-13;6-4-3-5-1-2-5;/h4-7,11,13H,2-3,8-10H2,1H3;5H,1-4,6H2;1H. The number of aryl methyl sites for hydroxylation is 1. The van der Waals surface area contributed by atoms with Crippen molar-refractivity contribution in [3.63, 3.8) is 0 Å². The van der Waals surface area contributed by atoms with Crippen molar-refractivity contribution in [3.8, 4) is 11.3 Å². The van der Waals surface area contributed by atoms with E-state index >= 15 is 0 Å². The Labute approximate surface area is 204 Å². The fourth-order valence-electron chi connectivity index (χ4n) is 3.75. The molecule has 2 saturated carbocycles. The van der Waals surface area contributed by atoms with Crippen LogP contribution in [-0.2, 0) is 9.59 Å². The summed E-state index contributed by atoms with van der Waals surface area (Å²) >= 11 is 1.57. The average Bonchev–Trinajstić information content (AvgIpc) is 3.70. The van der Waals surface area contributed by atoms with Gasteiger partial charge in [-0.2, -0.15) is 0 Å². The van der Waals surface area contributed by atoms with Crippen LogP contribution in [-0.4, -0.2) is 40.8 Å². The van der Waals surface area contributed by atoms with E-state index in [2.05, 4.69) is 4.98 Å². The number of nitrogens with zero attached hydrogens (tertiary/aromatic N) is 3. The number of hydrogen-bond acceptors (Lipinski definition) is 6. The first-order valence-corrected chi connectivity index (χ1v) is 12.2. The first kappa shape index (κ1) is 25.3. The first-order chi connectivity index (χ1) is 15.5. The van der Waals surface area contributed by atoms with E-state index in [4.69, 9.17) is 5.73 Å². The Morgan fingerprint density at radius 2 is 1.64 bits per heavy atom. The predicted molar refractivity (Wildman–Crippen MR) is 132 cm³/mol. The number of thiazole rings is 1. The molecule has 0 bridgehead atoms. The number of urea groups is 1. The number of nitrogens with two attached hydrogens (primary N) is 1. The van der Waals surface area contributed by atoms with Gasteiger partial charge in [0.05, 0.1) is 16.4 Å². The summed E-state index contributed by atoms with van der Waals surface area (Å²) in [5.41, 5.74) is 7.55. The van der Waals surface area contributed by atoms with Gasteiger partial charge in [0.2, 0.25) is 11.8 Å². The van der Waals surface area contributed by atoms with Crippen LogP contribution in [0.15, 0.2) is 29.6 Å². The van der Waals surface area contributed by atoms with Gasteiger partial charge >= 0.3 is 6.03 Å². The minimum absolute atomic E-state index is 0. The summed E-state index contributed by atoms with van der Waals surface area (Å²) in [7, 11) is 0. The highest BCUT2D eigenvalue weighted by Gasteiger charge is 2.39. The maximum Gasteiger partial charge on any atom is 0.338 e. The van der Waals surface area contributed by atoms with E-state index in [1.807, 2.05) is 24.4 Å². The second-order valence-corrected chi connectivity index (χ2v) is 9.85. The predicted octanol–water partition coefficient (Wildman–Crippen LogP) is 4.77. The van der Waals surface area contributed by atoms with Crippen LogP contribution in [0.25, 0.3) is 11.3 Å². The zero-order chi connectivity index (χ0) is 22.7. The van der Waals surface area contributed by atoms with Crippen molar-refractivity contribution < 1.29 is 14.4 Å². The molecule has 3 fully saturated rings. The lowest BCUT2D eigenvalue weighted by atomic mass is 10.1. The molecule has 2 N–H and O–H groups in total. The molecule has 1 saturated heterocycles. The number of hydrogen-bond donors (Lipinski definition) is 1. The highest BCUT2D eigenvalue weighted by molar-refractivity contribution is 7.09. The highest BCUT2D eigenvalue weighted by Crippen LogP contribution is 2.33. The van der Waals surface area contributed by atoms with Crippen molar-refractivity contribution in [2.45, 2.75) is 51.9 Å². The highest BCUT2D eigenvalue weighted by atomic mass is 35.5. The van der Waals surface area contributed by atoms with E-state index in [-0.39, 0.29) is 18.8 Å². The number of carbonyl (C=O) groups excluding carboxylic acids is 3. The maximum atomic E-state index is 12.7. The number of barbiturate groups is 1. The lowest BCUT2D eigenvalue weighted by Gasteiger charge is -2.32. The Balaban J connectivity index is 0.000000382. The molecule has 5 rings (SSSR count). The van der Waals surface area contributed by atoms with Gasteiger partial charge in [0.15, 0.2) is 0 Å². The van der Waals surface area contributed by atoms with Crippen molar-refractivity contribution in [2.24, 2.45) is 17.6 Å². The van der Waals surface area contributed by atoms with Crippen LogP contribution in [0.3, 0.4) is 0 Å². The topological polar surface area (TPSA) is 96.6 Å². The molecule has 3 aliphatic rings. The molecule has 178 valence electrons. The number of rotatable bonds is 7. The number of anilines is 1. The first-order valence-electron chi connectivity index (χ1n) is 11.4. The van der Waals surface area contributed by atoms with Crippen molar-refractivity contribution in [2.75, 3.05) is 18.0 Å². The summed E-state index contributed by atoms with van der Waals surface area (Å²) in [6, 6.07) is 6.61. The van der Waals surface area contributed by atoms with Gasteiger partial charge in [0.1, 0.15) is 6.42 Å². The smallest absolute Gasteiger partial charge is 0.330 e. The third-order valence-corrected chi connectivity index (χ3v) is 6.82. The third-order valence-electron chi connectivity index (χ3n) is 6.05. The van der Waals surface area contributed by atoms with Crippen molar-refractivity contribution >= 4 is 47.3 Å². The number of aromatic nitrogens is 1. The van der Waals surface area contributed by atoms with Gasteiger partial charge in [-0.1, -0.05) is 37.8 Å². The van der Waals surface area contributed by atoms with Crippen molar-refractivity contribution in [3.05, 3.63) is 34.7 Å². The number of carbonyl (C=O) groups is 3.